The summed E-state index contributed by atoms with van der Waals surface area (Å²) < 4.78 is 0. The number of carbonyl (C=O) groups is 1. The molecule has 4 nitrogen and oxygen atoms in total. The highest BCUT2D eigenvalue weighted by atomic mass is 32.2. The lowest BCUT2D eigenvalue weighted by molar-refractivity contribution is 0.206. The predicted molar refractivity (Wildman–Crippen MR) is 38.0 cm³/mol. The van der Waals surface area contributed by atoms with Gasteiger partial charge in [0.25, 0.3) is 0 Å². The molecule has 0 rings (SSSR count). The van der Waals surface area contributed by atoms with E-state index in [9.17, 15) is 4.79 Å². The SMILES string of the molecule is CN/C(=N/C(=O)O)SC. The first kappa shape index (κ1) is 8.29. The van der Waals surface area contributed by atoms with E-state index in [-0.39, 0.29) is 0 Å². The maximum atomic E-state index is 9.89. The number of hydrogen-bond donors (Lipinski definition) is 2. The van der Waals surface area contributed by atoms with Gasteiger partial charge in [-0.15, -0.1) is 0 Å². The Morgan fingerprint density at radius 1 is 1.78 bits per heavy atom. The summed E-state index contributed by atoms with van der Waals surface area (Å²) in [5, 5.41) is 11.1. The van der Waals surface area contributed by atoms with Crippen molar-refractivity contribution in [3.63, 3.8) is 0 Å². The molecule has 0 bridgehead atoms. The van der Waals surface area contributed by atoms with Gasteiger partial charge in [0, 0.05) is 7.05 Å². The van der Waals surface area contributed by atoms with Gasteiger partial charge in [0.2, 0.25) is 0 Å². The summed E-state index contributed by atoms with van der Waals surface area (Å²) in [6.07, 6.45) is 0.576. The van der Waals surface area contributed by atoms with Crippen LogP contribution in [0.2, 0.25) is 0 Å². The molecule has 0 spiro atoms. The Morgan fingerprint density at radius 2 is 2.33 bits per heavy atom. The van der Waals surface area contributed by atoms with E-state index in [2.05, 4.69) is 10.3 Å². The topological polar surface area (TPSA) is 61.7 Å². The van der Waals surface area contributed by atoms with E-state index in [0.717, 1.165) is 0 Å². The van der Waals surface area contributed by atoms with Gasteiger partial charge in [0.05, 0.1) is 0 Å². The third-order valence-corrected chi connectivity index (χ3v) is 1.29. The highest BCUT2D eigenvalue weighted by Crippen LogP contribution is 1.92. The van der Waals surface area contributed by atoms with E-state index in [1.54, 1.807) is 13.3 Å². The molecule has 0 aliphatic rings. The summed E-state index contributed by atoms with van der Waals surface area (Å²) in [7, 11) is 1.62. The molecule has 0 aromatic carbocycles. The average molecular weight is 148 g/mol. The van der Waals surface area contributed by atoms with E-state index in [4.69, 9.17) is 5.11 Å². The van der Waals surface area contributed by atoms with E-state index in [0.29, 0.717) is 5.17 Å². The van der Waals surface area contributed by atoms with E-state index in [1.807, 2.05) is 0 Å². The van der Waals surface area contributed by atoms with Gasteiger partial charge < -0.3 is 10.4 Å². The van der Waals surface area contributed by atoms with Crippen LogP contribution in [0, 0.1) is 0 Å². The van der Waals surface area contributed by atoms with Gasteiger partial charge >= 0.3 is 6.09 Å². The Hall–Kier alpha value is -0.710. The summed E-state index contributed by atoms with van der Waals surface area (Å²) in [4.78, 5) is 13.1. The van der Waals surface area contributed by atoms with Crippen molar-refractivity contribution in [1.29, 1.82) is 0 Å². The molecule has 2 N–H and O–H groups in total. The van der Waals surface area contributed by atoms with Gasteiger partial charge in [0.1, 0.15) is 0 Å². The summed E-state index contributed by atoms with van der Waals surface area (Å²) >= 11 is 1.26. The lowest BCUT2D eigenvalue weighted by Gasteiger charge is -1.95. The van der Waals surface area contributed by atoms with Crippen LogP contribution in [-0.4, -0.2) is 29.7 Å². The van der Waals surface area contributed by atoms with Crippen LogP contribution >= 0.6 is 11.8 Å². The number of carboxylic acid groups (broad SMARTS) is 1. The van der Waals surface area contributed by atoms with Crippen LogP contribution in [0.25, 0.3) is 0 Å². The van der Waals surface area contributed by atoms with Gasteiger partial charge in [0.15, 0.2) is 5.17 Å². The quantitative estimate of drug-likeness (QED) is 0.390. The molecule has 0 unspecified atom stereocenters. The third-order valence-electron chi connectivity index (χ3n) is 0.604. The Labute approximate surface area is 57.4 Å². The maximum absolute atomic E-state index is 9.89. The van der Waals surface area contributed by atoms with E-state index in [1.165, 1.54) is 11.8 Å². The molecule has 0 saturated carbocycles. The number of thioether (sulfide) groups is 1. The Kier molecular flexibility index (Phi) is 3.87. The molecular weight excluding hydrogens is 140 g/mol. The van der Waals surface area contributed by atoms with Crippen molar-refractivity contribution in [2.45, 2.75) is 0 Å². The Bertz CT molecular complexity index is 129. The first-order valence-electron chi connectivity index (χ1n) is 2.24. The van der Waals surface area contributed by atoms with E-state index >= 15 is 0 Å². The number of rotatable bonds is 0. The van der Waals surface area contributed by atoms with Crippen molar-refractivity contribution in [2.75, 3.05) is 13.3 Å². The minimum Gasteiger partial charge on any atom is -0.463 e. The van der Waals surface area contributed by atoms with Crippen LogP contribution in [0.3, 0.4) is 0 Å². The molecule has 0 aliphatic carbocycles. The zero-order chi connectivity index (χ0) is 7.28. The number of hydrogen-bond acceptors (Lipinski definition) is 2. The fourth-order valence-electron chi connectivity index (χ4n) is 0.290. The number of aliphatic imine (C=N–C) groups is 1. The van der Waals surface area contributed by atoms with Gasteiger partial charge in [-0.25, -0.2) is 4.79 Å². The first-order chi connectivity index (χ1) is 4.20. The molecule has 0 saturated heterocycles. The van der Waals surface area contributed by atoms with Crippen LogP contribution < -0.4 is 5.32 Å². The zero-order valence-corrected chi connectivity index (χ0v) is 6.03. The summed E-state index contributed by atoms with van der Waals surface area (Å²) in [5.74, 6) is 0. The summed E-state index contributed by atoms with van der Waals surface area (Å²) in [6, 6.07) is 0. The highest BCUT2D eigenvalue weighted by Gasteiger charge is 1.94. The smallest absolute Gasteiger partial charge is 0.433 e. The molecule has 0 aliphatic heterocycles. The van der Waals surface area contributed by atoms with Gasteiger partial charge in [-0.2, -0.15) is 4.99 Å². The van der Waals surface area contributed by atoms with Gasteiger partial charge in [-0.05, 0) is 6.26 Å². The lowest BCUT2D eigenvalue weighted by Crippen LogP contribution is -2.15. The molecule has 5 heteroatoms. The third kappa shape index (κ3) is 3.84. The molecule has 52 valence electrons. The van der Waals surface area contributed by atoms with Gasteiger partial charge in [-0.1, -0.05) is 11.8 Å². The highest BCUT2D eigenvalue weighted by molar-refractivity contribution is 8.13. The standard InChI is InChI=1S/C4H8N2O2S/c1-5-3(9-2)6-4(7)8/h1-2H3,(H,5,6)(H,7,8). The van der Waals surface area contributed by atoms with E-state index < -0.39 is 6.09 Å². The first-order valence-corrected chi connectivity index (χ1v) is 3.46. The molecule has 0 aromatic rings. The number of nitrogens with one attached hydrogen (secondary N) is 1. The second kappa shape index (κ2) is 4.20. The normalized spacial score (nSPS) is 11.1. The monoisotopic (exact) mass is 148 g/mol. The van der Waals surface area contributed by atoms with Crippen LogP contribution in [0.5, 0.6) is 0 Å². The van der Waals surface area contributed by atoms with Crippen molar-refractivity contribution < 1.29 is 9.90 Å². The van der Waals surface area contributed by atoms with Crippen molar-refractivity contribution in [3.8, 4) is 0 Å². The minimum absolute atomic E-state index is 0.405. The van der Waals surface area contributed by atoms with Crippen LogP contribution in [0.1, 0.15) is 0 Å². The molecule has 0 radical (unpaired) electrons. The molecule has 0 heterocycles. The molecule has 0 atom stereocenters. The van der Waals surface area contributed by atoms with Crippen LogP contribution in [0.4, 0.5) is 4.79 Å². The molecule has 9 heavy (non-hydrogen) atoms. The number of nitrogens with zero attached hydrogens (tertiary/aromatic N) is 1. The van der Waals surface area contributed by atoms with Crippen molar-refractivity contribution >= 4 is 23.0 Å². The lowest BCUT2D eigenvalue weighted by atomic mass is 11.1. The number of amidine groups is 1. The van der Waals surface area contributed by atoms with Crippen molar-refractivity contribution in [3.05, 3.63) is 0 Å². The predicted octanol–water partition coefficient (Wildman–Crippen LogP) is 0.603. The minimum atomic E-state index is -1.17. The maximum Gasteiger partial charge on any atom is 0.433 e. The Morgan fingerprint density at radius 3 is 2.44 bits per heavy atom. The molecule has 0 aromatic heterocycles. The Balaban J connectivity index is 3.91. The van der Waals surface area contributed by atoms with Gasteiger partial charge in [-0.3, -0.25) is 0 Å². The number of amides is 1. The molecule has 1 amide bonds. The molecular formula is C4H8N2O2S. The summed E-state index contributed by atoms with van der Waals surface area (Å²) in [6.45, 7) is 0. The fraction of sp³-hybridized carbons (Fsp3) is 0.500. The van der Waals surface area contributed by atoms with Crippen molar-refractivity contribution in [2.24, 2.45) is 4.99 Å². The average Bonchev–Trinajstić information content (AvgIpc) is 1.82. The van der Waals surface area contributed by atoms with Crippen LogP contribution in [0.15, 0.2) is 4.99 Å². The summed E-state index contributed by atoms with van der Waals surface area (Å²) in [5.41, 5.74) is 0. The molecule has 0 fully saturated rings. The second-order valence-corrected chi connectivity index (χ2v) is 1.95. The fourth-order valence-corrected chi connectivity index (χ4v) is 0.664. The van der Waals surface area contributed by atoms with Crippen molar-refractivity contribution in [1.82, 2.24) is 5.32 Å². The zero-order valence-electron chi connectivity index (χ0n) is 5.21. The largest absolute Gasteiger partial charge is 0.463 e. The van der Waals surface area contributed by atoms with Crippen LogP contribution in [-0.2, 0) is 0 Å². The second-order valence-electron chi connectivity index (χ2n) is 1.15.